The van der Waals surface area contributed by atoms with E-state index in [1.54, 1.807) is 48.5 Å². The highest BCUT2D eigenvalue weighted by molar-refractivity contribution is 7.82. The van der Waals surface area contributed by atoms with E-state index in [1.807, 2.05) is 0 Å². The average Bonchev–Trinajstić information content (AvgIpc) is 2.88. The van der Waals surface area contributed by atoms with Crippen molar-refractivity contribution in [3.63, 3.8) is 0 Å². The van der Waals surface area contributed by atoms with E-state index in [1.165, 1.54) is 38.5 Å². The third-order valence-electron chi connectivity index (χ3n) is 5.40. The number of urea groups is 1. The van der Waals surface area contributed by atoms with Crippen molar-refractivity contribution in [2.75, 3.05) is 29.2 Å². The zero-order chi connectivity index (χ0) is 25.8. The van der Waals surface area contributed by atoms with Crippen LogP contribution in [0.4, 0.5) is 26.2 Å². The first-order valence-electron chi connectivity index (χ1n) is 10.6. The Balaban J connectivity index is 1.64. The van der Waals surface area contributed by atoms with Gasteiger partial charge in [0.2, 0.25) is 0 Å². The largest absolute Gasteiger partial charge is 0.495 e. The first-order chi connectivity index (χ1) is 17.3. The molecule has 4 aromatic rings. The van der Waals surface area contributed by atoms with Gasteiger partial charge in [0.1, 0.15) is 17.3 Å². The Morgan fingerprint density at radius 3 is 2.22 bits per heavy atom. The third-order valence-corrected chi connectivity index (χ3v) is 6.10. The molecule has 3 amide bonds. The monoisotopic (exact) mass is 525 g/mol. The Labute approximate surface area is 217 Å². The number of methoxy groups -OCH3 is 2. The fourth-order valence-electron chi connectivity index (χ4n) is 3.65. The minimum atomic E-state index is -0.622. The maximum atomic E-state index is 14.1. The van der Waals surface area contributed by atoms with Gasteiger partial charge in [-0.1, -0.05) is 60.8 Å². The zero-order valence-electron chi connectivity index (χ0n) is 19.2. The molecular weight excluding hydrogens is 505 g/mol. The summed E-state index contributed by atoms with van der Waals surface area (Å²) in [6.45, 7) is 0. The van der Waals surface area contributed by atoms with Crippen molar-refractivity contribution in [2.45, 2.75) is 0 Å². The lowest BCUT2D eigenvalue weighted by Gasteiger charge is -2.21. The summed E-state index contributed by atoms with van der Waals surface area (Å²) in [6.07, 6.45) is 0. The van der Waals surface area contributed by atoms with Crippen molar-refractivity contribution in [1.82, 2.24) is 0 Å². The number of fused-ring (bicyclic) bond motifs is 1. The average molecular weight is 526 g/mol. The van der Waals surface area contributed by atoms with E-state index in [-0.39, 0.29) is 5.56 Å². The van der Waals surface area contributed by atoms with Crippen molar-refractivity contribution < 1.29 is 23.5 Å². The standard InChI is InChI=1S/C26H21ClFN3O4S/c1-34-23-14-24(35-2)21(13-18(23)27)30-26(33)31(36)22-12-11-20(15-7-3-4-8-16(15)22)29-25(32)17-9-5-6-10-19(17)28/h3-14,36H,1-2H3,(H,29,32)(H,30,33). The maximum absolute atomic E-state index is 14.1. The molecule has 0 radical (unpaired) electrons. The number of nitrogens with one attached hydrogen (secondary N) is 2. The number of benzene rings is 4. The Hall–Kier alpha value is -3.95. The fourth-order valence-corrected chi connectivity index (χ4v) is 4.11. The van der Waals surface area contributed by atoms with Crippen molar-refractivity contribution in [3.05, 3.63) is 89.2 Å². The van der Waals surface area contributed by atoms with Crippen LogP contribution >= 0.6 is 24.4 Å². The van der Waals surface area contributed by atoms with Crippen LogP contribution < -0.4 is 24.4 Å². The molecule has 0 bridgehead atoms. The van der Waals surface area contributed by atoms with E-state index in [2.05, 4.69) is 23.4 Å². The molecule has 0 saturated heterocycles. The van der Waals surface area contributed by atoms with Gasteiger partial charge in [0.05, 0.1) is 36.2 Å². The van der Waals surface area contributed by atoms with Crippen LogP contribution in [0, 0.1) is 5.82 Å². The summed E-state index contributed by atoms with van der Waals surface area (Å²) in [7, 11) is 2.93. The molecule has 2 N–H and O–H groups in total. The van der Waals surface area contributed by atoms with E-state index >= 15 is 0 Å². The highest BCUT2D eigenvalue weighted by atomic mass is 35.5. The minimum absolute atomic E-state index is 0.0760. The zero-order valence-corrected chi connectivity index (χ0v) is 20.9. The van der Waals surface area contributed by atoms with Gasteiger partial charge in [-0.25, -0.2) is 13.5 Å². The molecule has 0 atom stereocenters. The lowest BCUT2D eigenvalue weighted by atomic mass is 10.1. The number of rotatable bonds is 6. The van der Waals surface area contributed by atoms with Gasteiger partial charge in [0, 0.05) is 22.5 Å². The summed E-state index contributed by atoms with van der Waals surface area (Å²) >= 11 is 10.6. The Kier molecular flexibility index (Phi) is 7.52. The number of amides is 3. The highest BCUT2D eigenvalue weighted by Crippen LogP contribution is 2.37. The quantitative estimate of drug-likeness (QED) is 0.242. The number of anilines is 3. The molecule has 7 nitrogen and oxygen atoms in total. The molecule has 184 valence electrons. The number of ether oxygens (including phenoxy) is 2. The van der Waals surface area contributed by atoms with Gasteiger partial charge in [0.15, 0.2) is 0 Å². The lowest BCUT2D eigenvalue weighted by molar-refractivity contribution is 0.102. The number of hydrogen-bond donors (Lipinski definition) is 3. The number of nitrogens with zero attached hydrogens (tertiary/aromatic N) is 1. The highest BCUT2D eigenvalue weighted by Gasteiger charge is 2.20. The normalized spacial score (nSPS) is 10.6. The third kappa shape index (κ3) is 5.02. The van der Waals surface area contributed by atoms with Crippen molar-refractivity contribution in [3.8, 4) is 11.5 Å². The van der Waals surface area contributed by atoms with E-state index in [4.69, 9.17) is 21.1 Å². The number of hydrogen-bond acceptors (Lipinski definition) is 5. The first-order valence-corrected chi connectivity index (χ1v) is 11.4. The Morgan fingerprint density at radius 1 is 0.861 bits per heavy atom. The Bertz CT molecular complexity index is 1470. The van der Waals surface area contributed by atoms with Gasteiger partial charge in [-0.2, -0.15) is 0 Å². The molecule has 0 aromatic heterocycles. The van der Waals surface area contributed by atoms with Gasteiger partial charge in [-0.05, 0) is 30.3 Å². The van der Waals surface area contributed by atoms with Gasteiger partial charge < -0.3 is 20.1 Å². The van der Waals surface area contributed by atoms with Crippen LogP contribution in [0.5, 0.6) is 11.5 Å². The summed E-state index contributed by atoms with van der Waals surface area (Å²) in [5.74, 6) is -0.464. The SMILES string of the molecule is COc1cc(OC)c(NC(=O)N(S)c2ccc(NC(=O)c3ccccc3F)c3ccccc23)cc1Cl. The van der Waals surface area contributed by atoms with E-state index < -0.39 is 17.8 Å². The van der Waals surface area contributed by atoms with Crippen LogP contribution in [0.15, 0.2) is 72.8 Å². The molecule has 0 heterocycles. The number of carbonyl (C=O) groups excluding carboxylic acids is 2. The second-order valence-corrected chi connectivity index (χ2v) is 8.35. The van der Waals surface area contributed by atoms with Crippen LogP contribution in [0.1, 0.15) is 10.4 Å². The minimum Gasteiger partial charge on any atom is -0.495 e. The summed E-state index contributed by atoms with van der Waals surface area (Å²) < 4.78 is 25.7. The van der Waals surface area contributed by atoms with Crippen molar-refractivity contribution in [2.24, 2.45) is 0 Å². The molecule has 0 aliphatic carbocycles. The summed E-state index contributed by atoms with van der Waals surface area (Å²) in [6, 6.07) is 18.6. The molecule has 0 unspecified atom stereocenters. The molecule has 4 aromatic carbocycles. The van der Waals surface area contributed by atoms with Crippen molar-refractivity contribution >= 4 is 64.2 Å². The molecule has 0 spiro atoms. The van der Waals surface area contributed by atoms with Gasteiger partial charge in [-0.3, -0.25) is 4.79 Å². The predicted octanol–water partition coefficient (Wildman–Crippen LogP) is 6.79. The fraction of sp³-hybridized carbons (Fsp3) is 0.0769. The maximum Gasteiger partial charge on any atom is 0.336 e. The first kappa shape index (κ1) is 25.2. The van der Waals surface area contributed by atoms with Crippen LogP contribution in [0.2, 0.25) is 5.02 Å². The van der Waals surface area contributed by atoms with E-state index in [0.717, 1.165) is 4.31 Å². The molecule has 0 aliphatic heterocycles. The smallest absolute Gasteiger partial charge is 0.336 e. The van der Waals surface area contributed by atoms with E-state index in [9.17, 15) is 14.0 Å². The van der Waals surface area contributed by atoms with Crippen LogP contribution in [0.3, 0.4) is 0 Å². The van der Waals surface area contributed by atoms with E-state index in [0.29, 0.717) is 44.4 Å². The molecule has 10 heteroatoms. The van der Waals surface area contributed by atoms with Gasteiger partial charge in [-0.15, -0.1) is 0 Å². The van der Waals surface area contributed by atoms with Gasteiger partial charge >= 0.3 is 6.03 Å². The molecule has 0 saturated carbocycles. The van der Waals surface area contributed by atoms with Crippen LogP contribution in [-0.2, 0) is 0 Å². The topological polar surface area (TPSA) is 79.9 Å². The summed E-state index contributed by atoms with van der Waals surface area (Å²) in [5, 5.41) is 7.03. The van der Waals surface area contributed by atoms with Crippen LogP contribution in [0.25, 0.3) is 10.8 Å². The lowest BCUT2D eigenvalue weighted by Crippen LogP contribution is -2.27. The van der Waals surface area contributed by atoms with Crippen molar-refractivity contribution in [1.29, 1.82) is 0 Å². The number of halogens is 2. The van der Waals surface area contributed by atoms with Gasteiger partial charge in [0.25, 0.3) is 5.91 Å². The number of carbonyl (C=O) groups is 2. The second kappa shape index (κ2) is 10.8. The molecule has 36 heavy (non-hydrogen) atoms. The summed E-state index contributed by atoms with van der Waals surface area (Å²) in [5.41, 5.74) is 1.15. The number of thiol groups is 1. The molecule has 0 fully saturated rings. The molecule has 0 aliphatic rings. The molecular formula is C26H21ClFN3O4S. The Morgan fingerprint density at radius 2 is 1.53 bits per heavy atom. The second-order valence-electron chi connectivity index (χ2n) is 7.54. The van der Waals surface area contributed by atoms with Crippen LogP contribution in [-0.4, -0.2) is 26.2 Å². The summed E-state index contributed by atoms with van der Waals surface area (Å²) in [4.78, 5) is 25.7. The predicted molar refractivity (Wildman–Crippen MR) is 143 cm³/mol. The molecule has 4 rings (SSSR count).